The molecule has 104 valence electrons. The minimum atomic E-state index is -0.771. The molecule has 0 saturated carbocycles. The van der Waals surface area contributed by atoms with Crippen molar-refractivity contribution in [3.8, 4) is 0 Å². The average Bonchev–Trinajstić information content (AvgIpc) is 2.38. The number of hydrogen-bond acceptors (Lipinski definition) is 4. The lowest BCUT2D eigenvalue weighted by atomic mass is 10.1. The Balaban J connectivity index is 2.71. The molecule has 0 aliphatic rings. The standard InChI is InChI=1S/C12H16FN3O3/c1-3-15(2)7-6-14-12(17)10-8-9(16(18)19)4-5-11(10)13/h4-5,8H,3,6-7H2,1-2H3,(H,14,17). The first-order valence-corrected chi connectivity index (χ1v) is 5.86. The first-order chi connectivity index (χ1) is 8.95. The fraction of sp³-hybridized carbons (Fsp3) is 0.417. The van der Waals surface area contributed by atoms with Crippen molar-refractivity contribution < 1.29 is 14.1 Å². The minimum absolute atomic E-state index is 0.308. The predicted octanol–water partition coefficient (Wildman–Crippen LogP) is 1.42. The van der Waals surface area contributed by atoms with Crippen LogP contribution in [0.25, 0.3) is 0 Å². The van der Waals surface area contributed by atoms with Crippen LogP contribution in [0.2, 0.25) is 0 Å². The molecule has 0 aliphatic carbocycles. The van der Waals surface area contributed by atoms with Crippen LogP contribution in [-0.4, -0.2) is 42.4 Å². The highest BCUT2D eigenvalue weighted by atomic mass is 19.1. The van der Waals surface area contributed by atoms with Gasteiger partial charge >= 0.3 is 0 Å². The highest BCUT2D eigenvalue weighted by Gasteiger charge is 2.16. The summed E-state index contributed by atoms with van der Waals surface area (Å²) in [7, 11) is 1.89. The maximum absolute atomic E-state index is 13.4. The average molecular weight is 269 g/mol. The van der Waals surface area contributed by atoms with E-state index in [0.29, 0.717) is 13.1 Å². The number of amides is 1. The van der Waals surface area contributed by atoms with Gasteiger partial charge < -0.3 is 10.2 Å². The molecule has 0 heterocycles. The molecule has 0 atom stereocenters. The van der Waals surface area contributed by atoms with E-state index >= 15 is 0 Å². The van der Waals surface area contributed by atoms with Crippen LogP contribution in [0.1, 0.15) is 17.3 Å². The lowest BCUT2D eigenvalue weighted by molar-refractivity contribution is -0.384. The van der Waals surface area contributed by atoms with E-state index in [-0.39, 0.29) is 11.3 Å². The Morgan fingerprint density at radius 3 is 2.79 bits per heavy atom. The van der Waals surface area contributed by atoms with Crippen molar-refractivity contribution in [1.29, 1.82) is 0 Å². The number of rotatable bonds is 6. The van der Waals surface area contributed by atoms with Gasteiger partial charge in [0.05, 0.1) is 10.5 Å². The first-order valence-electron chi connectivity index (χ1n) is 5.86. The Kier molecular flexibility index (Phi) is 5.37. The zero-order chi connectivity index (χ0) is 14.4. The molecule has 0 bridgehead atoms. The van der Waals surface area contributed by atoms with Crippen molar-refractivity contribution in [1.82, 2.24) is 10.2 Å². The van der Waals surface area contributed by atoms with Crippen molar-refractivity contribution in [2.24, 2.45) is 0 Å². The number of carbonyl (C=O) groups is 1. The summed E-state index contributed by atoms with van der Waals surface area (Å²) in [6.45, 7) is 3.78. The molecule has 1 rings (SSSR count). The van der Waals surface area contributed by atoms with E-state index in [1.165, 1.54) is 0 Å². The van der Waals surface area contributed by atoms with Crippen molar-refractivity contribution in [2.75, 3.05) is 26.7 Å². The third-order valence-electron chi connectivity index (χ3n) is 2.72. The normalized spacial score (nSPS) is 10.5. The molecular weight excluding hydrogens is 253 g/mol. The number of nitrogens with one attached hydrogen (secondary N) is 1. The second-order valence-corrected chi connectivity index (χ2v) is 4.07. The van der Waals surface area contributed by atoms with Crippen molar-refractivity contribution >= 4 is 11.6 Å². The van der Waals surface area contributed by atoms with Gasteiger partial charge in [-0.15, -0.1) is 0 Å². The molecule has 19 heavy (non-hydrogen) atoms. The monoisotopic (exact) mass is 269 g/mol. The van der Waals surface area contributed by atoms with Gasteiger partial charge in [-0.1, -0.05) is 6.92 Å². The van der Waals surface area contributed by atoms with Gasteiger partial charge in [-0.2, -0.15) is 0 Å². The van der Waals surface area contributed by atoms with Gasteiger partial charge in [0.2, 0.25) is 0 Å². The molecule has 1 N–H and O–H groups in total. The molecule has 0 aromatic heterocycles. The van der Waals surface area contributed by atoms with Gasteiger partial charge in [0, 0.05) is 25.2 Å². The molecule has 0 aliphatic heterocycles. The number of carbonyl (C=O) groups excluding carboxylic acids is 1. The molecule has 0 unspecified atom stereocenters. The molecular formula is C12H16FN3O3. The van der Waals surface area contributed by atoms with Gasteiger partial charge in [-0.05, 0) is 19.7 Å². The van der Waals surface area contributed by atoms with E-state index in [1.54, 1.807) is 0 Å². The van der Waals surface area contributed by atoms with Crippen LogP contribution in [0.4, 0.5) is 10.1 Å². The van der Waals surface area contributed by atoms with E-state index in [4.69, 9.17) is 0 Å². The third-order valence-corrected chi connectivity index (χ3v) is 2.72. The number of benzene rings is 1. The van der Waals surface area contributed by atoms with Gasteiger partial charge in [0.1, 0.15) is 5.82 Å². The molecule has 0 spiro atoms. The Morgan fingerprint density at radius 1 is 1.53 bits per heavy atom. The molecule has 1 aromatic carbocycles. The maximum atomic E-state index is 13.4. The van der Waals surface area contributed by atoms with Crippen LogP contribution in [0, 0.1) is 15.9 Å². The summed E-state index contributed by atoms with van der Waals surface area (Å²) in [5.41, 5.74) is -0.620. The van der Waals surface area contributed by atoms with Crippen LogP contribution in [0.5, 0.6) is 0 Å². The van der Waals surface area contributed by atoms with Crippen LogP contribution in [-0.2, 0) is 0 Å². The summed E-state index contributed by atoms with van der Waals surface area (Å²) in [6, 6.07) is 2.89. The highest BCUT2D eigenvalue weighted by molar-refractivity contribution is 5.95. The van der Waals surface area contributed by atoms with Gasteiger partial charge in [-0.3, -0.25) is 14.9 Å². The zero-order valence-corrected chi connectivity index (χ0v) is 10.9. The van der Waals surface area contributed by atoms with Crippen LogP contribution in [0.3, 0.4) is 0 Å². The van der Waals surface area contributed by atoms with Gasteiger partial charge in [0.15, 0.2) is 0 Å². The zero-order valence-electron chi connectivity index (χ0n) is 10.9. The Bertz CT molecular complexity index is 479. The molecule has 0 saturated heterocycles. The van der Waals surface area contributed by atoms with E-state index in [2.05, 4.69) is 5.32 Å². The second-order valence-electron chi connectivity index (χ2n) is 4.07. The number of likely N-dealkylation sites (N-methyl/N-ethyl adjacent to an activating group) is 1. The fourth-order valence-electron chi connectivity index (χ4n) is 1.41. The van der Waals surface area contributed by atoms with Crippen LogP contribution >= 0.6 is 0 Å². The number of nitro benzene ring substituents is 1. The Labute approximate surface area is 110 Å². The summed E-state index contributed by atoms with van der Waals surface area (Å²) in [4.78, 5) is 23.6. The predicted molar refractivity (Wildman–Crippen MR) is 68.6 cm³/mol. The molecule has 0 radical (unpaired) electrons. The molecule has 0 fully saturated rings. The minimum Gasteiger partial charge on any atom is -0.351 e. The summed E-state index contributed by atoms with van der Waals surface area (Å²) < 4.78 is 13.4. The SMILES string of the molecule is CCN(C)CCNC(=O)c1cc([N+](=O)[O-])ccc1F. The number of nitrogens with zero attached hydrogens (tertiary/aromatic N) is 2. The van der Waals surface area contributed by atoms with Crippen molar-refractivity contribution in [3.63, 3.8) is 0 Å². The lowest BCUT2D eigenvalue weighted by Gasteiger charge is -2.14. The second kappa shape index (κ2) is 6.79. The van der Waals surface area contributed by atoms with E-state index in [9.17, 15) is 19.3 Å². The number of halogens is 1. The van der Waals surface area contributed by atoms with E-state index in [0.717, 1.165) is 24.7 Å². The summed E-state index contributed by atoms with van der Waals surface area (Å²) >= 11 is 0. The maximum Gasteiger partial charge on any atom is 0.270 e. The van der Waals surface area contributed by atoms with Gasteiger partial charge in [-0.25, -0.2) is 4.39 Å². The summed E-state index contributed by atoms with van der Waals surface area (Å²) in [5.74, 6) is -1.42. The molecule has 1 aromatic rings. The third kappa shape index (κ3) is 4.29. The highest BCUT2D eigenvalue weighted by Crippen LogP contribution is 2.16. The van der Waals surface area contributed by atoms with Gasteiger partial charge in [0.25, 0.3) is 11.6 Å². The number of nitro groups is 1. The summed E-state index contributed by atoms with van der Waals surface area (Å²) in [6.07, 6.45) is 0. The van der Waals surface area contributed by atoms with Crippen molar-refractivity contribution in [3.05, 3.63) is 39.7 Å². The smallest absolute Gasteiger partial charge is 0.270 e. The molecule has 6 nitrogen and oxygen atoms in total. The van der Waals surface area contributed by atoms with Crippen molar-refractivity contribution in [2.45, 2.75) is 6.92 Å². The van der Waals surface area contributed by atoms with Crippen LogP contribution < -0.4 is 5.32 Å². The quantitative estimate of drug-likeness (QED) is 0.626. The number of non-ortho nitro benzene ring substituents is 1. The molecule has 1 amide bonds. The van der Waals surface area contributed by atoms with E-state index < -0.39 is 16.6 Å². The number of hydrogen-bond donors (Lipinski definition) is 1. The van der Waals surface area contributed by atoms with E-state index in [1.807, 2.05) is 18.9 Å². The first kappa shape index (κ1) is 15.0. The lowest BCUT2D eigenvalue weighted by Crippen LogP contribution is -2.33. The Hall–Kier alpha value is -2.02. The topological polar surface area (TPSA) is 75.5 Å². The summed E-state index contributed by atoms with van der Waals surface area (Å²) in [5, 5.41) is 13.1. The fourth-order valence-corrected chi connectivity index (χ4v) is 1.41. The van der Waals surface area contributed by atoms with Crippen LogP contribution in [0.15, 0.2) is 18.2 Å². The largest absolute Gasteiger partial charge is 0.351 e. The Morgan fingerprint density at radius 2 is 2.21 bits per heavy atom. The molecule has 7 heteroatoms.